The molecule has 210 valence electrons. The number of hydrogen-bond donors (Lipinski definition) is 1. The van der Waals surface area contributed by atoms with E-state index in [0.717, 1.165) is 59.2 Å². The van der Waals surface area contributed by atoms with E-state index in [4.69, 9.17) is 4.74 Å². The number of nitrogens with one attached hydrogen (secondary N) is 1. The van der Waals surface area contributed by atoms with E-state index in [-0.39, 0.29) is 6.54 Å². The fraction of sp³-hybridized carbons (Fsp3) is 0.423. The zero-order valence-corrected chi connectivity index (χ0v) is 25.3. The molecule has 1 N–H and O–H groups in total. The maximum absolute atomic E-state index is 13.6. The summed E-state index contributed by atoms with van der Waals surface area (Å²) in [4.78, 5) is 11.7. The number of para-hydroxylation sites is 1. The van der Waals surface area contributed by atoms with Crippen LogP contribution < -0.4 is 4.31 Å². The van der Waals surface area contributed by atoms with Gasteiger partial charge in [0, 0.05) is 54.1 Å². The maximum atomic E-state index is 13.6. The van der Waals surface area contributed by atoms with Crippen LogP contribution in [0.4, 0.5) is 5.69 Å². The Hall–Kier alpha value is -1.97. The van der Waals surface area contributed by atoms with Crippen molar-refractivity contribution < 1.29 is 17.7 Å². The third kappa shape index (κ3) is 6.35. The molecule has 0 spiro atoms. The van der Waals surface area contributed by atoms with Crippen molar-refractivity contribution in [3.63, 3.8) is 0 Å². The van der Waals surface area contributed by atoms with Gasteiger partial charge in [-0.1, -0.05) is 18.2 Å². The van der Waals surface area contributed by atoms with E-state index < -0.39 is 21.4 Å². The van der Waals surface area contributed by atoms with Gasteiger partial charge in [0.2, 0.25) is 0 Å². The molecule has 0 aliphatic carbocycles. The second-order valence-corrected chi connectivity index (χ2v) is 15.0. The van der Waals surface area contributed by atoms with Crippen molar-refractivity contribution in [1.29, 1.82) is 0 Å². The first-order valence-corrected chi connectivity index (χ1v) is 17.4. The van der Waals surface area contributed by atoms with E-state index >= 15 is 0 Å². The quantitative estimate of drug-likeness (QED) is 0.188. The molecule has 0 bridgehead atoms. The van der Waals surface area contributed by atoms with E-state index in [1.54, 1.807) is 28.8 Å². The van der Waals surface area contributed by atoms with Crippen LogP contribution in [-0.2, 0) is 32.7 Å². The first-order chi connectivity index (χ1) is 18.9. The van der Waals surface area contributed by atoms with Gasteiger partial charge in [-0.2, -0.15) is 0 Å². The lowest BCUT2D eigenvalue weighted by molar-refractivity contribution is 0.156. The lowest BCUT2D eigenvalue weighted by Gasteiger charge is -2.33. The lowest BCUT2D eigenvalue weighted by Crippen LogP contribution is -2.48. The molecule has 0 radical (unpaired) electrons. The van der Waals surface area contributed by atoms with Crippen LogP contribution in [0.3, 0.4) is 0 Å². The van der Waals surface area contributed by atoms with Crippen molar-refractivity contribution in [2.75, 3.05) is 56.0 Å². The van der Waals surface area contributed by atoms with Gasteiger partial charge in [0.15, 0.2) is 0 Å². The highest BCUT2D eigenvalue weighted by atomic mass is 32.2. The number of anilines is 1. The fourth-order valence-corrected chi connectivity index (χ4v) is 9.07. The summed E-state index contributed by atoms with van der Waals surface area (Å²) in [6.07, 6.45) is 1.92. The number of nitrogens with zero attached hydrogens (tertiary/aromatic N) is 4. The highest BCUT2D eigenvalue weighted by Gasteiger charge is 2.28. The van der Waals surface area contributed by atoms with Gasteiger partial charge >= 0.3 is 0 Å². The third-order valence-corrected chi connectivity index (χ3v) is 12.3. The number of rotatable bonds is 12. The number of aromatic nitrogens is 2. The minimum absolute atomic E-state index is 0.210. The normalized spacial score (nSPS) is 16.2. The second-order valence-electron chi connectivity index (χ2n) is 9.08. The van der Waals surface area contributed by atoms with Gasteiger partial charge in [-0.15, -0.1) is 27.0 Å². The van der Waals surface area contributed by atoms with Crippen LogP contribution >= 0.6 is 22.7 Å². The number of sulfonamides is 1. The van der Waals surface area contributed by atoms with E-state index in [1.807, 2.05) is 48.6 Å². The zero-order chi connectivity index (χ0) is 27.4. The molecule has 1 fully saturated rings. The predicted molar refractivity (Wildman–Crippen MR) is 160 cm³/mol. The number of piperazine rings is 1. The molecule has 5 rings (SSSR count). The summed E-state index contributed by atoms with van der Waals surface area (Å²) in [5.74, 6) is 0.661. The Morgan fingerprint density at radius 1 is 1.18 bits per heavy atom. The Morgan fingerprint density at radius 3 is 2.72 bits per heavy atom. The number of thiazole rings is 1. The monoisotopic (exact) mass is 607 g/mol. The molecule has 0 amide bonds. The van der Waals surface area contributed by atoms with Gasteiger partial charge in [-0.3, -0.25) is 9.21 Å². The van der Waals surface area contributed by atoms with E-state index in [0.29, 0.717) is 28.9 Å². The Kier molecular flexibility index (Phi) is 9.29. The highest BCUT2D eigenvalue weighted by molar-refractivity contribution is 7.94. The largest absolute Gasteiger partial charge is 0.598 e. The molecule has 1 aliphatic rings. The first-order valence-electron chi connectivity index (χ1n) is 13.0. The van der Waals surface area contributed by atoms with Crippen LogP contribution in [0.15, 0.2) is 52.2 Å². The molecule has 1 unspecified atom stereocenters. The van der Waals surface area contributed by atoms with Crippen LogP contribution in [-0.4, -0.2) is 83.8 Å². The molecule has 4 heterocycles. The molecule has 13 heteroatoms. The Labute approximate surface area is 240 Å². The van der Waals surface area contributed by atoms with Crippen LogP contribution in [0.1, 0.15) is 18.7 Å². The minimum Gasteiger partial charge on any atom is -0.598 e. The smallest absolute Gasteiger partial charge is 0.273 e. The molecule has 0 saturated carbocycles. The number of hydrogen-bond acceptors (Lipinski definition) is 9. The number of thiophene rings is 1. The Bertz CT molecular complexity index is 1460. The number of H-pyrrole nitrogens is 1. The molecule has 4 aromatic rings. The van der Waals surface area contributed by atoms with Crippen molar-refractivity contribution in [3.8, 4) is 10.7 Å². The number of ether oxygens (including phenoxy) is 1. The number of fused-ring (bicyclic) bond motifs is 1. The molecule has 1 aromatic carbocycles. The summed E-state index contributed by atoms with van der Waals surface area (Å²) in [6, 6.07) is 11.1. The summed E-state index contributed by atoms with van der Waals surface area (Å²) in [5, 5.41) is 3.55. The van der Waals surface area contributed by atoms with Gasteiger partial charge in [0.1, 0.15) is 15.0 Å². The zero-order valence-electron chi connectivity index (χ0n) is 22.0. The summed E-state index contributed by atoms with van der Waals surface area (Å²) >= 11 is 1.96. The van der Waals surface area contributed by atoms with Crippen molar-refractivity contribution in [2.45, 2.75) is 24.6 Å². The Balaban J connectivity index is 1.38. The van der Waals surface area contributed by atoms with Crippen LogP contribution in [0.5, 0.6) is 0 Å². The second kappa shape index (κ2) is 12.7. The SMILES string of the molecule is CCOCCN(c1cccc2cc(-c3ncc(CN4CCN([S+]([O-])CC)CC4)s3)[nH]c12)S(=O)(=O)c1cccs1. The molecular formula is C26H33N5O4S4. The maximum Gasteiger partial charge on any atom is 0.273 e. The van der Waals surface area contributed by atoms with E-state index in [2.05, 4.69) is 14.9 Å². The molecule has 3 aromatic heterocycles. The van der Waals surface area contributed by atoms with Gasteiger partial charge in [0.05, 0.1) is 43.1 Å². The van der Waals surface area contributed by atoms with Gasteiger partial charge in [0.25, 0.3) is 10.0 Å². The van der Waals surface area contributed by atoms with Crippen molar-refractivity contribution in [1.82, 2.24) is 19.2 Å². The van der Waals surface area contributed by atoms with Gasteiger partial charge in [-0.25, -0.2) is 13.4 Å². The van der Waals surface area contributed by atoms with E-state index in [1.165, 1.54) is 15.6 Å². The average molecular weight is 608 g/mol. The van der Waals surface area contributed by atoms with Crippen LogP contribution in [0, 0.1) is 0 Å². The summed E-state index contributed by atoms with van der Waals surface area (Å²) in [5.41, 5.74) is 2.20. The molecule has 1 aliphatic heterocycles. The van der Waals surface area contributed by atoms with Crippen molar-refractivity contribution >= 4 is 60.6 Å². The average Bonchev–Trinajstić information content (AvgIpc) is 3.72. The van der Waals surface area contributed by atoms with Crippen LogP contribution in [0.2, 0.25) is 0 Å². The molecular weight excluding hydrogens is 575 g/mol. The van der Waals surface area contributed by atoms with Gasteiger partial charge < -0.3 is 14.3 Å². The molecule has 1 atom stereocenters. The molecule has 1 saturated heterocycles. The minimum atomic E-state index is -3.75. The number of benzene rings is 1. The van der Waals surface area contributed by atoms with Crippen molar-refractivity contribution in [3.05, 3.63) is 52.9 Å². The Morgan fingerprint density at radius 2 is 2.00 bits per heavy atom. The third-order valence-electron chi connectivity index (χ3n) is 6.61. The van der Waals surface area contributed by atoms with E-state index in [9.17, 15) is 13.0 Å². The van der Waals surface area contributed by atoms with Crippen LogP contribution in [0.25, 0.3) is 21.6 Å². The molecule has 9 nitrogen and oxygen atoms in total. The topological polar surface area (TPSA) is 105 Å². The highest BCUT2D eigenvalue weighted by Crippen LogP contribution is 2.35. The number of aromatic amines is 1. The predicted octanol–water partition coefficient (Wildman–Crippen LogP) is 4.39. The van der Waals surface area contributed by atoms with Gasteiger partial charge in [-0.05, 0) is 37.4 Å². The molecule has 39 heavy (non-hydrogen) atoms. The summed E-state index contributed by atoms with van der Waals surface area (Å²) < 4.78 is 48.6. The first kappa shape index (κ1) is 28.6. The fourth-order valence-electron chi connectivity index (χ4n) is 4.64. The standard InChI is InChI=1S/C26H33N5O4S4/c1-3-35-15-14-31(39(33,34)24-9-6-16-36-24)23-8-5-7-20-17-22(28-25(20)23)26-27-18-21(37-26)19-29-10-12-30(13-11-29)38(32)4-2/h5-9,16-18,28H,3-4,10-15,19H2,1-2H3. The summed E-state index contributed by atoms with van der Waals surface area (Å²) in [7, 11) is -3.75. The summed E-state index contributed by atoms with van der Waals surface area (Å²) in [6.45, 7) is 9.06. The lowest BCUT2D eigenvalue weighted by atomic mass is 10.2. The van der Waals surface area contributed by atoms with Crippen molar-refractivity contribution in [2.24, 2.45) is 0 Å².